The molecule has 2 fully saturated rings. The lowest BCUT2D eigenvalue weighted by Gasteiger charge is -2.40. The number of likely N-dealkylation sites (N-methyl/N-ethyl adjacent to an activating group) is 1. The molecule has 0 aromatic heterocycles. The maximum atomic E-state index is 14.1. The minimum absolute atomic E-state index is 0.00859. The number of hydrogen-bond acceptors (Lipinski definition) is 9. The number of benzene rings is 3. The Morgan fingerprint density at radius 3 is 2.25 bits per heavy atom. The third-order valence-corrected chi connectivity index (χ3v) is 10.7. The van der Waals surface area contributed by atoms with Crippen LogP contribution >= 0.6 is 23.2 Å². The maximum Gasteiger partial charge on any atom is 0.336 e. The average molecular weight is 815 g/mol. The number of carboxylic acid groups (broad SMARTS) is 3. The Balaban J connectivity index is 0.000000460. The summed E-state index contributed by atoms with van der Waals surface area (Å²) in [5.41, 5.74) is -1.02. The van der Waals surface area contributed by atoms with Gasteiger partial charge in [0.2, 0.25) is 0 Å². The van der Waals surface area contributed by atoms with Crippen molar-refractivity contribution in [3.63, 3.8) is 0 Å². The van der Waals surface area contributed by atoms with Gasteiger partial charge in [0, 0.05) is 51.7 Å². The standard InChI is InChI=1S/C33H37Cl2N5O3.C6H8O7/c1-38(32(41)30-27-7-4-3-6-23(27)18-25(20-36)31(30)43-2)21-24(22-8-9-28(34)29(35)19-22)10-15-39-16-11-26(12-17-39)40-14-5-13-37-33(40)42;7-3(8)1-6(13,5(11)12)2-4(9)10/h3-4,6-9,18-19,24,26H,5,10-17,21H2,1-2H3,(H,37,42);13H,1-2H2,(H,7,8)(H,9,10)(H,11,12)/t24-;/m1./s1. The summed E-state index contributed by atoms with van der Waals surface area (Å²) in [4.78, 5) is 63.0. The summed E-state index contributed by atoms with van der Waals surface area (Å²) in [6, 6.07) is 17.5. The van der Waals surface area contributed by atoms with Crippen molar-refractivity contribution in [1.82, 2.24) is 20.0 Å². The third-order valence-electron chi connectivity index (χ3n) is 9.99. The molecular weight excluding hydrogens is 769 g/mol. The van der Waals surface area contributed by atoms with Crippen molar-refractivity contribution in [1.29, 1.82) is 5.26 Å². The number of likely N-dealkylation sites (tertiary alicyclic amines) is 1. The van der Waals surface area contributed by atoms with Gasteiger partial charge in [-0.3, -0.25) is 14.4 Å². The fraction of sp³-hybridized carbons (Fsp3) is 0.436. The lowest BCUT2D eigenvalue weighted by atomic mass is 9.93. The maximum absolute atomic E-state index is 14.1. The van der Waals surface area contributed by atoms with E-state index in [1.165, 1.54) is 7.11 Å². The van der Waals surface area contributed by atoms with Crippen molar-refractivity contribution in [3.05, 3.63) is 75.3 Å². The normalized spacial score (nSPS) is 15.5. The highest BCUT2D eigenvalue weighted by Crippen LogP contribution is 2.34. The molecular formula is C39H45Cl2N5O10. The summed E-state index contributed by atoms with van der Waals surface area (Å²) in [5, 5.41) is 49.1. The number of halogens is 2. The molecule has 56 heavy (non-hydrogen) atoms. The monoisotopic (exact) mass is 813 g/mol. The second-order valence-electron chi connectivity index (χ2n) is 13.8. The first-order valence-corrected chi connectivity index (χ1v) is 18.7. The Hall–Kier alpha value is -5.14. The Morgan fingerprint density at radius 2 is 1.68 bits per heavy atom. The van der Waals surface area contributed by atoms with Gasteiger partial charge in [-0.1, -0.05) is 53.5 Å². The van der Waals surface area contributed by atoms with E-state index >= 15 is 0 Å². The molecule has 2 aliphatic rings. The van der Waals surface area contributed by atoms with Crippen molar-refractivity contribution in [2.45, 2.75) is 56.1 Å². The van der Waals surface area contributed by atoms with Gasteiger partial charge >= 0.3 is 23.9 Å². The van der Waals surface area contributed by atoms with E-state index < -0.39 is 36.4 Å². The van der Waals surface area contributed by atoms with E-state index in [1.807, 2.05) is 41.3 Å². The van der Waals surface area contributed by atoms with E-state index in [0.717, 1.165) is 74.7 Å². The number of fused-ring (bicyclic) bond motifs is 1. The number of aliphatic carboxylic acids is 3. The Kier molecular flexibility index (Phi) is 15.3. The van der Waals surface area contributed by atoms with Crippen LogP contribution in [-0.2, 0) is 14.4 Å². The van der Waals surface area contributed by atoms with Crippen LogP contribution in [0.2, 0.25) is 10.0 Å². The molecule has 0 spiro atoms. The highest BCUT2D eigenvalue weighted by atomic mass is 35.5. The molecule has 1 atom stereocenters. The predicted molar refractivity (Wildman–Crippen MR) is 207 cm³/mol. The van der Waals surface area contributed by atoms with Crippen molar-refractivity contribution in [3.8, 4) is 11.8 Å². The minimum atomic E-state index is -2.74. The number of rotatable bonds is 14. The van der Waals surface area contributed by atoms with Crippen molar-refractivity contribution in [2.24, 2.45) is 0 Å². The van der Waals surface area contributed by atoms with E-state index in [4.69, 9.17) is 48.4 Å². The molecule has 0 aliphatic carbocycles. The van der Waals surface area contributed by atoms with Crippen LogP contribution in [0.5, 0.6) is 5.75 Å². The number of carbonyl (C=O) groups is 5. The SMILES string of the molecule is COc1c(C#N)cc2ccccc2c1C(=O)N(C)C[C@@H](CCN1CCC(N2CCCNC2=O)CC1)c1ccc(Cl)c(Cl)c1.O=C(O)CC(O)(CC(=O)O)C(=O)O. The van der Waals surface area contributed by atoms with Gasteiger partial charge in [-0.15, -0.1) is 0 Å². The molecule has 3 aromatic carbocycles. The van der Waals surface area contributed by atoms with E-state index in [0.29, 0.717) is 27.7 Å². The first-order chi connectivity index (χ1) is 26.6. The molecule has 2 saturated heterocycles. The molecule has 0 unspecified atom stereocenters. The van der Waals surface area contributed by atoms with Gasteiger partial charge in [0.05, 0.1) is 41.1 Å². The summed E-state index contributed by atoms with van der Waals surface area (Å²) in [6.45, 7) is 4.71. The number of nitrogens with one attached hydrogen (secondary N) is 1. The lowest BCUT2D eigenvalue weighted by molar-refractivity contribution is -0.170. The van der Waals surface area contributed by atoms with Crippen LogP contribution in [0.4, 0.5) is 4.79 Å². The molecule has 5 N–H and O–H groups in total. The van der Waals surface area contributed by atoms with Crippen molar-refractivity contribution < 1.29 is 49.1 Å². The van der Waals surface area contributed by atoms with Gasteiger partial charge < -0.3 is 45.2 Å². The van der Waals surface area contributed by atoms with Gasteiger partial charge in [0.25, 0.3) is 5.91 Å². The summed E-state index contributed by atoms with van der Waals surface area (Å²) < 4.78 is 5.61. The molecule has 2 aliphatic heterocycles. The topological polar surface area (TPSA) is 221 Å². The minimum Gasteiger partial charge on any atom is -0.495 e. The quantitative estimate of drug-likeness (QED) is 0.147. The number of ether oxygens (including phenoxy) is 1. The van der Waals surface area contributed by atoms with Crippen LogP contribution < -0.4 is 10.1 Å². The van der Waals surface area contributed by atoms with Gasteiger partial charge in [-0.2, -0.15) is 5.26 Å². The fourth-order valence-corrected chi connectivity index (χ4v) is 7.38. The van der Waals surface area contributed by atoms with Gasteiger partial charge in [0.1, 0.15) is 11.8 Å². The number of aliphatic hydroxyl groups is 1. The first kappa shape index (κ1) is 43.6. The first-order valence-electron chi connectivity index (χ1n) is 17.9. The largest absolute Gasteiger partial charge is 0.495 e. The Labute approximate surface area is 333 Å². The predicted octanol–water partition coefficient (Wildman–Crippen LogP) is 4.90. The molecule has 5 rings (SSSR count). The van der Waals surface area contributed by atoms with E-state index in [2.05, 4.69) is 16.3 Å². The average Bonchev–Trinajstić information content (AvgIpc) is 3.16. The molecule has 0 saturated carbocycles. The zero-order valence-electron chi connectivity index (χ0n) is 31.0. The number of methoxy groups -OCH3 is 1. The van der Waals surface area contributed by atoms with Crippen LogP contribution in [-0.4, -0.2) is 130 Å². The van der Waals surface area contributed by atoms with Crippen LogP contribution in [0.25, 0.3) is 10.8 Å². The zero-order chi connectivity index (χ0) is 41.2. The second kappa shape index (κ2) is 19.6. The molecule has 300 valence electrons. The van der Waals surface area contributed by atoms with Crippen LogP contribution in [0.3, 0.4) is 0 Å². The number of nitrogens with zero attached hydrogens (tertiary/aromatic N) is 4. The molecule has 0 bridgehead atoms. The van der Waals surface area contributed by atoms with E-state index in [9.17, 15) is 29.2 Å². The lowest BCUT2D eigenvalue weighted by Crippen LogP contribution is -2.54. The molecule has 3 amide bonds. The molecule has 17 heteroatoms. The van der Waals surface area contributed by atoms with Gasteiger partial charge in [0.15, 0.2) is 5.60 Å². The van der Waals surface area contributed by atoms with Crippen molar-refractivity contribution in [2.75, 3.05) is 53.4 Å². The van der Waals surface area contributed by atoms with Crippen LogP contribution in [0.1, 0.15) is 65.9 Å². The number of urea groups is 1. The summed E-state index contributed by atoms with van der Waals surface area (Å²) >= 11 is 12.7. The van der Waals surface area contributed by atoms with E-state index in [-0.39, 0.29) is 29.6 Å². The number of carboxylic acids is 3. The van der Waals surface area contributed by atoms with Crippen molar-refractivity contribution >= 4 is 63.8 Å². The molecule has 2 heterocycles. The number of nitriles is 1. The van der Waals surface area contributed by atoms with Gasteiger partial charge in [-0.05, 0) is 66.8 Å². The number of piperidine rings is 1. The molecule has 0 radical (unpaired) electrons. The van der Waals surface area contributed by atoms with E-state index in [1.54, 1.807) is 24.1 Å². The molecule has 15 nitrogen and oxygen atoms in total. The van der Waals surface area contributed by atoms with Gasteiger partial charge in [-0.25, -0.2) is 9.59 Å². The summed E-state index contributed by atoms with van der Waals surface area (Å²) in [7, 11) is 3.27. The Morgan fingerprint density at radius 1 is 1.02 bits per heavy atom. The highest BCUT2D eigenvalue weighted by molar-refractivity contribution is 6.42. The van der Waals surface area contributed by atoms with Crippen LogP contribution in [0.15, 0.2) is 48.5 Å². The van der Waals surface area contributed by atoms with Crippen LogP contribution in [0, 0.1) is 11.3 Å². The number of amides is 3. The fourth-order valence-electron chi connectivity index (χ4n) is 7.07. The number of carbonyl (C=O) groups excluding carboxylic acids is 2. The molecule has 3 aromatic rings. The smallest absolute Gasteiger partial charge is 0.336 e. The highest BCUT2D eigenvalue weighted by Gasteiger charge is 2.41. The second-order valence-corrected chi connectivity index (χ2v) is 14.7. The zero-order valence-corrected chi connectivity index (χ0v) is 32.6. The summed E-state index contributed by atoms with van der Waals surface area (Å²) in [5.74, 6) is -4.95. The third kappa shape index (κ3) is 11.0. The number of hydrogen-bond donors (Lipinski definition) is 5. The Bertz CT molecular complexity index is 1970. The summed E-state index contributed by atoms with van der Waals surface area (Å²) in [6.07, 6.45) is 1.41.